The maximum Gasteiger partial charge on any atom is 0.309 e. The summed E-state index contributed by atoms with van der Waals surface area (Å²) in [6.07, 6.45) is 2.30. The summed E-state index contributed by atoms with van der Waals surface area (Å²) in [5.41, 5.74) is -0.648. The number of furan rings is 1. The van der Waals surface area contributed by atoms with E-state index in [4.69, 9.17) is 9.52 Å². The molecule has 4 heteroatoms. The molecule has 0 fully saturated rings. The summed E-state index contributed by atoms with van der Waals surface area (Å²) in [7, 11) is 0. The van der Waals surface area contributed by atoms with Crippen LogP contribution in [0.3, 0.4) is 0 Å². The van der Waals surface area contributed by atoms with E-state index in [1.165, 1.54) is 0 Å². The molecule has 1 N–H and O–H groups in total. The zero-order chi connectivity index (χ0) is 11.5. The minimum absolute atomic E-state index is 0.648. The van der Waals surface area contributed by atoms with Crippen LogP contribution in [0.4, 0.5) is 0 Å². The number of carbonyl (C=O) groups is 1. The molecule has 0 bridgehead atoms. The summed E-state index contributed by atoms with van der Waals surface area (Å²) in [5.74, 6) is 0.944. The Balaban J connectivity index is 2.40. The van der Waals surface area contributed by atoms with Gasteiger partial charge in [-0.15, -0.1) is 11.8 Å². The van der Waals surface area contributed by atoms with E-state index < -0.39 is 11.4 Å². The van der Waals surface area contributed by atoms with E-state index in [0.717, 1.165) is 16.4 Å². The summed E-state index contributed by atoms with van der Waals surface area (Å²) < 4.78 is 5.16. The third kappa shape index (κ3) is 3.30. The fourth-order valence-corrected chi connectivity index (χ4v) is 2.28. The summed E-state index contributed by atoms with van der Waals surface area (Å²) in [6.45, 7) is 5.40. The summed E-state index contributed by atoms with van der Waals surface area (Å²) >= 11 is 1.64. The van der Waals surface area contributed by atoms with Gasteiger partial charge in [0.15, 0.2) is 0 Å². The molecule has 1 rings (SSSR count). The molecule has 15 heavy (non-hydrogen) atoms. The lowest BCUT2D eigenvalue weighted by Gasteiger charge is -2.17. The van der Waals surface area contributed by atoms with Gasteiger partial charge in [-0.25, -0.2) is 0 Å². The SMILES string of the molecule is Cc1occc1SCCC(C)(C)C(=O)O. The molecular weight excluding hydrogens is 212 g/mol. The maximum atomic E-state index is 10.9. The molecule has 0 aliphatic heterocycles. The second kappa shape index (κ2) is 4.75. The highest BCUT2D eigenvalue weighted by Gasteiger charge is 2.26. The van der Waals surface area contributed by atoms with Gasteiger partial charge in [0, 0.05) is 4.90 Å². The van der Waals surface area contributed by atoms with Gasteiger partial charge in [0.25, 0.3) is 0 Å². The van der Waals surface area contributed by atoms with Crippen LogP contribution in [0.15, 0.2) is 21.6 Å². The Morgan fingerprint density at radius 1 is 1.60 bits per heavy atom. The van der Waals surface area contributed by atoms with Crippen molar-refractivity contribution in [2.24, 2.45) is 5.41 Å². The molecule has 0 saturated carbocycles. The van der Waals surface area contributed by atoms with Crippen molar-refractivity contribution in [3.8, 4) is 0 Å². The molecule has 3 nitrogen and oxygen atoms in total. The van der Waals surface area contributed by atoms with E-state index in [2.05, 4.69) is 0 Å². The molecule has 1 aromatic heterocycles. The van der Waals surface area contributed by atoms with Crippen LogP contribution in [0.25, 0.3) is 0 Å². The molecule has 0 aromatic carbocycles. The molecule has 0 saturated heterocycles. The van der Waals surface area contributed by atoms with Crippen LogP contribution in [0, 0.1) is 12.3 Å². The molecule has 1 aromatic rings. The van der Waals surface area contributed by atoms with Crippen LogP contribution in [0.1, 0.15) is 26.0 Å². The van der Waals surface area contributed by atoms with Crippen LogP contribution in [-0.2, 0) is 4.79 Å². The molecule has 0 atom stereocenters. The Morgan fingerprint density at radius 3 is 2.73 bits per heavy atom. The number of hydrogen-bond acceptors (Lipinski definition) is 3. The van der Waals surface area contributed by atoms with E-state index in [0.29, 0.717) is 6.42 Å². The molecule has 0 unspecified atom stereocenters. The van der Waals surface area contributed by atoms with Crippen molar-refractivity contribution in [2.45, 2.75) is 32.1 Å². The van der Waals surface area contributed by atoms with E-state index in [9.17, 15) is 4.79 Å². The molecule has 0 aliphatic carbocycles. The molecule has 0 spiro atoms. The normalized spacial score (nSPS) is 11.7. The van der Waals surface area contributed by atoms with Gasteiger partial charge in [0.05, 0.1) is 11.7 Å². The number of hydrogen-bond donors (Lipinski definition) is 1. The van der Waals surface area contributed by atoms with E-state index >= 15 is 0 Å². The lowest BCUT2D eigenvalue weighted by molar-refractivity contribution is -0.146. The van der Waals surface area contributed by atoms with Gasteiger partial charge in [-0.2, -0.15) is 0 Å². The third-order valence-electron chi connectivity index (χ3n) is 2.37. The second-order valence-corrected chi connectivity index (χ2v) is 5.27. The minimum Gasteiger partial charge on any atom is -0.481 e. The second-order valence-electron chi connectivity index (χ2n) is 4.13. The average molecular weight is 228 g/mol. The Labute approximate surface area is 93.9 Å². The van der Waals surface area contributed by atoms with E-state index in [-0.39, 0.29) is 0 Å². The lowest BCUT2D eigenvalue weighted by Crippen LogP contribution is -2.24. The lowest BCUT2D eigenvalue weighted by atomic mass is 9.91. The highest BCUT2D eigenvalue weighted by Crippen LogP contribution is 2.28. The van der Waals surface area contributed by atoms with Gasteiger partial charge in [-0.3, -0.25) is 4.79 Å². The number of aliphatic carboxylic acids is 1. The highest BCUT2D eigenvalue weighted by atomic mass is 32.2. The number of thioether (sulfide) groups is 1. The topological polar surface area (TPSA) is 50.4 Å². The van der Waals surface area contributed by atoms with Crippen LogP contribution in [0.2, 0.25) is 0 Å². The highest BCUT2D eigenvalue weighted by molar-refractivity contribution is 7.99. The summed E-state index contributed by atoms with van der Waals surface area (Å²) in [6, 6.07) is 1.91. The summed E-state index contributed by atoms with van der Waals surface area (Å²) in [5, 5.41) is 8.93. The Kier molecular flexibility index (Phi) is 3.85. The fraction of sp³-hybridized carbons (Fsp3) is 0.545. The first-order valence-corrected chi connectivity index (χ1v) is 5.82. The first-order valence-electron chi connectivity index (χ1n) is 4.84. The van der Waals surface area contributed by atoms with Gasteiger partial charge < -0.3 is 9.52 Å². The molecular formula is C11H16O3S. The monoisotopic (exact) mass is 228 g/mol. The average Bonchev–Trinajstić information content (AvgIpc) is 2.51. The third-order valence-corrected chi connectivity index (χ3v) is 3.52. The Hall–Kier alpha value is -0.900. The number of aryl methyl sites for hydroxylation is 1. The van der Waals surface area contributed by atoms with Gasteiger partial charge >= 0.3 is 5.97 Å². The van der Waals surface area contributed by atoms with Crippen molar-refractivity contribution in [2.75, 3.05) is 5.75 Å². The molecule has 0 aliphatic rings. The number of carboxylic acid groups (broad SMARTS) is 1. The Bertz CT molecular complexity index is 341. The summed E-state index contributed by atoms with van der Waals surface area (Å²) in [4.78, 5) is 11.9. The van der Waals surface area contributed by atoms with Gasteiger partial charge in [-0.1, -0.05) is 0 Å². The van der Waals surface area contributed by atoms with Gasteiger partial charge in [-0.05, 0) is 39.0 Å². The van der Waals surface area contributed by atoms with Crippen molar-refractivity contribution in [3.63, 3.8) is 0 Å². The van der Waals surface area contributed by atoms with Gasteiger partial charge in [0.1, 0.15) is 5.76 Å². The standard InChI is InChI=1S/C11H16O3S/c1-8-9(4-6-14-8)15-7-5-11(2,3)10(12)13/h4,6H,5,7H2,1-3H3,(H,12,13). The van der Waals surface area contributed by atoms with Crippen LogP contribution in [0.5, 0.6) is 0 Å². The largest absolute Gasteiger partial charge is 0.481 e. The van der Waals surface area contributed by atoms with Gasteiger partial charge in [0.2, 0.25) is 0 Å². The Morgan fingerprint density at radius 2 is 2.27 bits per heavy atom. The molecule has 84 valence electrons. The first-order chi connectivity index (χ1) is 6.93. The van der Waals surface area contributed by atoms with Crippen LogP contribution < -0.4 is 0 Å². The minimum atomic E-state index is -0.744. The van der Waals surface area contributed by atoms with Crippen molar-refractivity contribution >= 4 is 17.7 Å². The molecule has 0 radical (unpaired) electrons. The zero-order valence-electron chi connectivity index (χ0n) is 9.24. The fourth-order valence-electron chi connectivity index (χ4n) is 1.05. The predicted octanol–water partition coefficient (Wildman–Crippen LogP) is 3.18. The number of rotatable bonds is 5. The number of carboxylic acids is 1. The first kappa shape index (κ1) is 12.2. The van der Waals surface area contributed by atoms with Crippen molar-refractivity contribution in [3.05, 3.63) is 18.1 Å². The van der Waals surface area contributed by atoms with Crippen molar-refractivity contribution in [1.29, 1.82) is 0 Å². The van der Waals surface area contributed by atoms with Crippen molar-refractivity contribution in [1.82, 2.24) is 0 Å². The quantitative estimate of drug-likeness (QED) is 0.786. The van der Waals surface area contributed by atoms with Crippen molar-refractivity contribution < 1.29 is 14.3 Å². The van der Waals surface area contributed by atoms with Crippen LogP contribution in [-0.4, -0.2) is 16.8 Å². The zero-order valence-corrected chi connectivity index (χ0v) is 10.1. The van der Waals surface area contributed by atoms with Crippen LogP contribution >= 0.6 is 11.8 Å². The maximum absolute atomic E-state index is 10.9. The smallest absolute Gasteiger partial charge is 0.309 e. The van der Waals surface area contributed by atoms with E-state index in [1.807, 2.05) is 13.0 Å². The predicted molar refractivity (Wildman–Crippen MR) is 60.2 cm³/mol. The molecule has 1 heterocycles. The molecule has 0 amide bonds. The van der Waals surface area contributed by atoms with E-state index in [1.54, 1.807) is 31.9 Å².